The summed E-state index contributed by atoms with van der Waals surface area (Å²) in [6.07, 6.45) is -22.0. The average Bonchev–Trinajstić information content (AvgIpc) is 3.03. The summed E-state index contributed by atoms with van der Waals surface area (Å²) in [4.78, 5) is 27.6. The van der Waals surface area contributed by atoms with Crippen LogP contribution in [-0.4, -0.2) is 50.7 Å². The summed E-state index contributed by atoms with van der Waals surface area (Å²) < 4.78 is 128. The Bertz CT molecular complexity index is 1160. The van der Waals surface area contributed by atoms with E-state index in [2.05, 4.69) is 9.72 Å². The number of halogens is 1. The van der Waals surface area contributed by atoms with Crippen molar-refractivity contribution in [3.05, 3.63) is 22.5 Å². The van der Waals surface area contributed by atoms with E-state index < -0.39 is 87.3 Å². The molecule has 10 heteroatoms. The summed E-state index contributed by atoms with van der Waals surface area (Å²) in [5.41, 5.74) is -1.49. The summed E-state index contributed by atoms with van der Waals surface area (Å²) in [6, 6.07) is 0. The van der Waals surface area contributed by atoms with Crippen LogP contribution in [0.4, 0.5) is 15.0 Å². The number of carbonyl (C=O) groups is 1. The molecule has 1 fully saturated rings. The number of carbonyl (C=O) groups excluding carboxylic acids is 1. The first kappa shape index (κ1) is 7.68. The van der Waals surface area contributed by atoms with Crippen LogP contribution in [0.2, 0.25) is 0 Å². The number of rotatable bonds is 6. The molecule has 140 valence electrons. The second-order valence-corrected chi connectivity index (χ2v) is 4.55. The number of nitrogens with one attached hydrogen (secondary N) is 1. The van der Waals surface area contributed by atoms with Crippen LogP contribution < -0.4 is 11.0 Å². The number of hydrogen-bond acceptors (Lipinski definition) is 7. The lowest BCUT2D eigenvalue weighted by molar-refractivity contribution is -0.0355. The molecule has 1 amide bonds. The normalized spacial score (nSPS) is 37.4. The number of nitrogens with zero attached hydrogens (tertiary/aromatic N) is 2. The van der Waals surface area contributed by atoms with Crippen LogP contribution in [0.15, 0.2) is 11.0 Å². The molecule has 1 aromatic rings. The highest BCUT2D eigenvalue weighted by atomic mass is 19.1. The Morgan fingerprint density at radius 1 is 1.56 bits per heavy atom. The molecule has 0 saturated carbocycles. The number of ether oxygens (including phenoxy) is 2. The van der Waals surface area contributed by atoms with Crippen molar-refractivity contribution in [2.45, 2.75) is 57.4 Å². The average molecular weight is 373 g/mol. The van der Waals surface area contributed by atoms with Gasteiger partial charge >= 0.3 is 11.8 Å². The van der Waals surface area contributed by atoms with E-state index in [0.29, 0.717) is 0 Å². The Labute approximate surface area is 163 Å². The van der Waals surface area contributed by atoms with E-state index in [1.54, 1.807) is 0 Å². The Balaban J connectivity index is 2.30. The van der Waals surface area contributed by atoms with Crippen molar-refractivity contribution in [2.75, 3.05) is 11.9 Å². The van der Waals surface area contributed by atoms with Gasteiger partial charge in [0.25, 0.3) is 0 Å². The van der Waals surface area contributed by atoms with Crippen LogP contribution in [0, 0.1) is 5.82 Å². The molecule has 0 aromatic carbocycles. The molecule has 1 saturated heterocycles. The highest BCUT2D eigenvalue weighted by Gasteiger charge is 2.42. The summed E-state index contributed by atoms with van der Waals surface area (Å²) in [7, 11) is 0. The van der Waals surface area contributed by atoms with Gasteiger partial charge in [0.1, 0.15) is 12.2 Å². The first-order valence-corrected chi connectivity index (χ1v) is 6.51. The molecule has 1 aromatic heterocycles. The molecular formula is C15H22FN3O6. The lowest BCUT2D eigenvalue weighted by Gasteiger charge is -2.17. The van der Waals surface area contributed by atoms with Crippen molar-refractivity contribution in [3.63, 3.8) is 0 Å². The van der Waals surface area contributed by atoms with Gasteiger partial charge in [-0.15, -0.1) is 0 Å². The van der Waals surface area contributed by atoms with Gasteiger partial charge in [0, 0.05) is 16.4 Å². The van der Waals surface area contributed by atoms with Gasteiger partial charge < -0.3 is 19.7 Å². The van der Waals surface area contributed by atoms with E-state index in [9.17, 15) is 24.2 Å². The molecule has 0 spiro atoms. The number of amides is 1. The van der Waals surface area contributed by atoms with Crippen molar-refractivity contribution in [1.82, 2.24) is 9.55 Å². The monoisotopic (exact) mass is 373 g/mol. The predicted octanol–water partition coefficient (Wildman–Crippen LogP) is 0.760. The van der Waals surface area contributed by atoms with Crippen molar-refractivity contribution >= 4 is 11.9 Å². The maximum Gasteiger partial charge on any atom is 0.412 e. The molecule has 9 nitrogen and oxygen atoms in total. The molecule has 1 aliphatic heterocycles. The van der Waals surface area contributed by atoms with Crippen LogP contribution in [0.25, 0.3) is 0 Å². The third-order valence-corrected chi connectivity index (χ3v) is 2.96. The maximum absolute atomic E-state index is 14.6. The van der Waals surface area contributed by atoms with E-state index in [1.165, 1.54) is 5.32 Å². The molecule has 1 aliphatic rings. The van der Waals surface area contributed by atoms with Gasteiger partial charge in [0.05, 0.1) is 21.6 Å². The fourth-order valence-corrected chi connectivity index (χ4v) is 1.86. The molecule has 2 heterocycles. The summed E-state index contributed by atoms with van der Waals surface area (Å²) in [5.74, 6) is -2.86. The Morgan fingerprint density at radius 3 is 3.04 bits per heavy atom. The number of aliphatic hydroxyl groups excluding tert-OH is 2. The van der Waals surface area contributed by atoms with E-state index in [1.807, 2.05) is 0 Å². The van der Waals surface area contributed by atoms with E-state index in [4.69, 9.17) is 23.9 Å². The molecule has 0 radical (unpaired) electrons. The number of anilines is 1. The quantitative estimate of drug-likeness (QED) is 0.673. The SMILES string of the molecule is [2H]C([2H])([2H])[C@H]1O[C@@H](n2cc(F)c(NC(=O)OC([2H])([2H])C([2H])([2H])C([2H])([2H])C([2H])([2H])C([2H])([2H])[2H])nc2=O)[C@H](O)[C@@H]1O. The minimum atomic E-state index is -4.17. The highest BCUT2D eigenvalue weighted by molar-refractivity contribution is 5.83. The summed E-state index contributed by atoms with van der Waals surface area (Å²) in [6.45, 7) is -10.8. The summed E-state index contributed by atoms with van der Waals surface area (Å²) in [5, 5.41) is 21.4. The third-order valence-electron chi connectivity index (χ3n) is 2.96. The first-order valence-electron chi connectivity index (χ1n) is 13.5. The predicted molar refractivity (Wildman–Crippen MR) is 84.5 cm³/mol. The lowest BCUT2D eigenvalue weighted by Crippen LogP contribution is -2.36. The number of aromatic nitrogens is 2. The number of aliphatic hydroxyl groups is 2. The molecule has 2 rings (SSSR count). The number of hydrogen-bond donors (Lipinski definition) is 3. The third kappa shape index (κ3) is 4.53. The van der Waals surface area contributed by atoms with Crippen molar-refractivity contribution in [2.24, 2.45) is 0 Å². The van der Waals surface area contributed by atoms with E-state index in [0.717, 1.165) is 0 Å². The smallest absolute Gasteiger partial charge is 0.412 e. The van der Waals surface area contributed by atoms with Gasteiger partial charge in [0.2, 0.25) is 0 Å². The molecule has 0 unspecified atom stereocenters. The van der Waals surface area contributed by atoms with Crippen LogP contribution in [-0.2, 0) is 9.47 Å². The fourth-order valence-electron chi connectivity index (χ4n) is 1.86. The van der Waals surface area contributed by atoms with Crippen LogP contribution in [0.5, 0.6) is 0 Å². The molecule has 3 N–H and O–H groups in total. The van der Waals surface area contributed by atoms with Crippen molar-refractivity contribution in [3.8, 4) is 0 Å². The zero-order valence-electron chi connectivity index (χ0n) is 26.2. The minimum absolute atomic E-state index is 0.245. The standard InChI is InChI=1S/C15H22FN3O6/c1-3-4-5-6-24-15(23)18-12-9(16)7-19(14(22)17-12)13-11(21)10(20)8(2)25-13/h7-8,10-11,13,20-21H,3-6H2,1-2H3,(H,17,18,22,23)/t8-,10-,11-,13-/m1/s1/i1D3,2D3,3D2,4D2,5D2,6D2. The second-order valence-electron chi connectivity index (χ2n) is 4.55. The zero-order valence-corrected chi connectivity index (χ0v) is 12.2. The van der Waals surface area contributed by atoms with Gasteiger partial charge in [-0.2, -0.15) is 4.98 Å². The molecule has 25 heavy (non-hydrogen) atoms. The Hall–Kier alpha value is -2.04. The molecule has 0 bridgehead atoms. The molecule has 0 aliphatic carbocycles. The molecular weight excluding hydrogens is 337 g/mol. The topological polar surface area (TPSA) is 123 Å². The second kappa shape index (κ2) is 8.37. The van der Waals surface area contributed by atoms with Gasteiger partial charge in [-0.3, -0.25) is 9.88 Å². The van der Waals surface area contributed by atoms with Crippen molar-refractivity contribution in [1.29, 1.82) is 0 Å². The first-order chi connectivity index (χ1) is 17.2. The zero-order chi connectivity index (χ0) is 30.7. The van der Waals surface area contributed by atoms with Crippen LogP contribution in [0.3, 0.4) is 0 Å². The highest BCUT2D eigenvalue weighted by Crippen LogP contribution is 2.28. The largest absolute Gasteiger partial charge is 0.449 e. The van der Waals surface area contributed by atoms with Crippen LogP contribution in [0.1, 0.15) is 58.2 Å². The summed E-state index contributed by atoms with van der Waals surface area (Å²) >= 11 is 0. The van der Waals surface area contributed by atoms with Gasteiger partial charge in [-0.05, 0) is 13.2 Å². The fraction of sp³-hybridized carbons (Fsp3) is 0.667. The van der Waals surface area contributed by atoms with Gasteiger partial charge in [-0.25, -0.2) is 14.0 Å². The van der Waals surface area contributed by atoms with E-state index in [-0.39, 0.29) is 10.8 Å². The van der Waals surface area contributed by atoms with E-state index >= 15 is 0 Å². The van der Waals surface area contributed by atoms with Crippen LogP contribution >= 0.6 is 0 Å². The maximum atomic E-state index is 14.6. The molecule has 4 atom stereocenters. The Kier molecular flexibility index (Phi) is 2.57. The van der Waals surface area contributed by atoms with Gasteiger partial charge in [0.15, 0.2) is 17.9 Å². The van der Waals surface area contributed by atoms with Gasteiger partial charge in [-0.1, -0.05) is 19.6 Å². The van der Waals surface area contributed by atoms with Crippen molar-refractivity contribution < 1.29 is 48.1 Å². The Morgan fingerprint density at radius 2 is 2.36 bits per heavy atom. The lowest BCUT2D eigenvalue weighted by atomic mass is 10.1. The minimum Gasteiger partial charge on any atom is -0.449 e.